The van der Waals surface area contributed by atoms with E-state index in [1.54, 1.807) is 0 Å². The summed E-state index contributed by atoms with van der Waals surface area (Å²) in [5, 5.41) is 3.55. The standard InChI is InChI=1S/C19H22N2O/c1-15-7-5-10-17(13-15)19(22)21-12-6-11-20-18(14-21)16-8-3-2-4-9-16/h2-5,7-10,13,18,20H,6,11-12,14H2,1H3. The molecule has 1 aliphatic rings. The van der Waals surface area contributed by atoms with Crippen LogP contribution >= 0.6 is 0 Å². The molecule has 3 nitrogen and oxygen atoms in total. The van der Waals surface area contributed by atoms with E-state index in [1.165, 1.54) is 5.56 Å². The summed E-state index contributed by atoms with van der Waals surface area (Å²) >= 11 is 0. The summed E-state index contributed by atoms with van der Waals surface area (Å²) in [6, 6.07) is 18.4. The fourth-order valence-electron chi connectivity index (χ4n) is 2.98. The number of nitrogens with zero attached hydrogens (tertiary/aromatic N) is 1. The molecule has 1 aliphatic heterocycles. The van der Waals surface area contributed by atoms with Crippen LogP contribution in [0.25, 0.3) is 0 Å². The maximum atomic E-state index is 12.8. The molecule has 1 fully saturated rings. The van der Waals surface area contributed by atoms with Gasteiger partial charge in [-0.2, -0.15) is 0 Å². The molecule has 0 bridgehead atoms. The Morgan fingerprint density at radius 2 is 1.95 bits per heavy atom. The van der Waals surface area contributed by atoms with Crippen molar-refractivity contribution < 1.29 is 4.79 Å². The van der Waals surface area contributed by atoms with E-state index in [0.717, 1.165) is 37.2 Å². The highest BCUT2D eigenvalue weighted by molar-refractivity contribution is 5.94. The van der Waals surface area contributed by atoms with Crippen molar-refractivity contribution in [2.75, 3.05) is 19.6 Å². The zero-order valence-corrected chi connectivity index (χ0v) is 13.0. The Morgan fingerprint density at radius 1 is 1.14 bits per heavy atom. The average molecular weight is 294 g/mol. The van der Waals surface area contributed by atoms with Crippen molar-refractivity contribution in [3.63, 3.8) is 0 Å². The van der Waals surface area contributed by atoms with E-state index < -0.39 is 0 Å². The van der Waals surface area contributed by atoms with Gasteiger partial charge in [-0.15, -0.1) is 0 Å². The highest BCUT2D eigenvalue weighted by atomic mass is 16.2. The molecule has 2 aromatic carbocycles. The van der Waals surface area contributed by atoms with Gasteiger partial charge in [0.05, 0.1) is 0 Å². The first-order valence-corrected chi connectivity index (χ1v) is 7.88. The Bertz CT molecular complexity index is 639. The summed E-state index contributed by atoms with van der Waals surface area (Å²) in [4.78, 5) is 14.8. The maximum Gasteiger partial charge on any atom is 0.253 e. The molecule has 1 unspecified atom stereocenters. The molecule has 0 aromatic heterocycles. The fraction of sp³-hybridized carbons (Fsp3) is 0.316. The highest BCUT2D eigenvalue weighted by Crippen LogP contribution is 2.18. The normalized spacial score (nSPS) is 18.8. The van der Waals surface area contributed by atoms with Gasteiger partial charge in [0.1, 0.15) is 0 Å². The van der Waals surface area contributed by atoms with Gasteiger partial charge < -0.3 is 10.2 Å². The second-order valence-electron chi connectivity index (χ2n) is 5.89. The van der Waals surface area contributed by atoms with Crippen molar-refractivity contribution in [2.45, 2.75) is 19.4 Å². The molecule has 2 aromatic rings. The van der Waals surface area contributed by atoms with Crippen LogP contribution in [0.15, 0.2) is 54.6 Å². The van der Waals surface area contributed by atoms with Crippen molar-refractivity contribution in [1.82, 2.24) is 10.2 Å². The van der Waals surface area contributed by atoms with Crippen molar-refractivity contribution in [1.29, 1.82) is 0 Å². The molecule has 22 heavy (non-hydrogen) atoms. The number of amides is 1. The lowest BCUT2D eigenvalue weighted by molar-refractivity contribution is 0.0753. The van der Waals surface area contributed by atoms with Gasteiger partial charge in [0.25, 0.3) is 5.91 Å². The molecule has 3 heteroatoms. The molecule has 1 atom stereocenters. The minimum Gasteiger partial charge on any atom is -0.337 e. The number of rotatable bonds is 2. The van der Waals surface area contributed by atoms with Gasteiger partial charge in [-0.3, -0.25) is 4.79 Å². The molecular weight excluding hydrogens is 272 g/mol. The molecule has 0 spiro atoms. The van der Waals surface area contributed by atoms with E-state index in [9.17, 15) is 4.79 Å². The maximum absolute atomic E-state index is 12.8. The van der Waals surface area contributed by atoms with Crippen molar-refractivity contribution in [3.05, 3.63) is 71.3 Å². The Hall–Kier alpha value is -2.13. The average Bonchev–Trinajstić information content (AvgIpc) is 2.81. The van der Waals surface area contributed by atoms with Gasteiger partial charge in [-0.1, -0.05) is 48.0 Å². The number of carbonyl (C=O) groups is 1. The van der Waals surface area contributed by atoms with E-state index in [1.807, 2.05) is 42.2 Å². The quantitative estimate of drug-likeness (QED) is 0.922. The van der Waals surface area contributed by atoms with Crippen LogP contribution in [-0.2, 0) is 0 Å². The van der Waals surface area contributed by atoms with Crippen LogP contribution in [0.3, 0.4) is 0 Å². The van der Waals surface area contributed by atoms with E-state index in [-0.39, 0.29) is 11.9 Å². The topological polar surface area (TPSA) is 32.3 Å². The third-order valence-corrected chi connectivity index (χ3v) is 4.15. The molecule has 0 saturated carbocycles. The molecule has 1 heterocycles. The lowest BCUT2D eigenvalue weighted by atomic mass is 10.1. The molecule has 114 valence electrons. The third-order valence-electron chi connectivity index (χ3n) is 4.15. The van der Waals surface area contributed by atoms with E-state index in [2.05, 4.69) is 29.6 Å². The zero-order valence-electron chi connectivity index (χ0n) is 13.0. The number of aryl methyl sites for hydroxylation is 1. The van der Waals surface area contributed by atoms with Crippen molar-refractivity contribution >= 4 is 5.91 Å². The van der Waals surface area contributed by atoms with E-state index >= 15 is 0 Å². The smallest absolute Gasteiger partial charge is 0.253 e. The molecule has 1 amide bonds. The third kappa shape index (κ3) is 3.37. The first-order valence-electron chi connectivity index (χ1n) is 7.88. The number of carbonyl (C=O) groups excluding carboxylic acids is 1. The SMILES string of the molecule is Cc1cccc(C(=O)N2CCCNC(c3ccccc3)C2)c1. The molecule has 1 saturated heterocycles. The summed E-state index contributed by atoms with van der Waals surface area (Å²) in [5.41, 5.74) is 3.15. The van der Waals surface area contributed by atoms with Crippen LogP contribution < -0.4 is 5.32 Å². The van der Waals surface area contributed by atoms with Crippen molar-refractivity contribution in [3.8, 4) is 0 Å². The predicted molar refractivity (Wildman–Crippen MR) is 88.9 cm³/mol. The lowest BCUT2D eigenvalue weighted by Gasteiger charge is -2.25. The summed E-state index contributed by atoms with van der Waals surface area (Å²) in [6.07, 6.45) is 0.987. The fourth-order valence-corrected chi connectivity index (χ4v) is 2.98. The molecular formula is C19H22N2O. The van der Waals surface area contributed by atoms with Crippen molar-refractivity contribution in [2.24, 2.45) is 0 Å². The predicted octanol–water partition coefficient (Wildman–Crippen LogP) is 3.17. The first kappa shape index (κ1) is 14.8. The number of hydrogen-bond donors (Lipinski definition) is 1. The van der Waals surface area contributed by atoms with Crippen LogP contribution in [0.4, 0.5) is 0 Å². The lowest BCUT2D eigenvalue weighted by Crippen LogP contribution is -2.36. The second-order valence-corrected chi connectivity index (χ2v) is 5.89. The van der Waals surface area contributed by atoms with Gasteiger partial charge in [0.2, 0.25) is 0 Å². The minimum atomic E-state index is 0.133. The Labute approximate surface area is 132 Å². The van der Waals surface area contributed by atoms with Crippen LogP contribution in [0.5, 0.6) is 0 Å². The molecule has 0 aliphatic carbocycles. The molecule has 3 rings (SSSR count). The van der Waals surface area contributed by atoms with Crippen LogP contribution in [0.1, 0.15) is 33.9 Å². The number of hydrogen-bond acceptors (Lipinski definition) is 2. The zero-order chi connectivity index (χ0) is 15.4. The van der Waals surface area contributed by atoms with Gasteiger partial charge in [0, 0.05) is 24.7 Å². The Balaban J connectivity index is 1.79. The van der Waals surface area contributed by atoms with Gasteiger partial charge >= 0.3 is 0 Å². The Morgan fingerprint density at radius 3 is 2.73 bits per heavy atom. The van der Waals surface area contributed by atoms with E-state index in [4.69, 9.17) is 0 Å². The highest BCUT2D eigenvalue weighted by Gasteiger charge is 2.23. The number of nitrogens with one attached hydrogen (secondary N) is 1. The molecule has 1 N–H and O–H groups in total. The van der Waals surface area contributed by atoms with Gasteiger partial charge in [0.15, 0.2) is 0 Å². The van der Waals surface area contributed by atoms with Gasteiger partial charge in [-0.25, -0.2) is 0 Å². The summed E-state index contributed by atoms with van der Waals surface area (Å²) in [7, 11) is 0. The minimum absolute atomic E-state index is 0.133. The summed E-state index contributed by atoms with van der Waals surface area (Å²) < 4.78 is 0. The Kier molecular flexibility index (Phi) is 4.54. The monoisotopic (exact) mass is 294 g/mol. The van der Waals surface area contributed by atoms with Crippen LogP contribution in [-0.4, -0.2) is 30.4 Å². The first-order chi connectivity index (χ1) is 10.7. The number of benzene rings is 2. The second kappa shape index (κ2) is 6.75. The summed E-state index contributed by atoms with van der Waals surface area (Å²) in [6.45, 7) is 4.49. The largest absolute Gasteiger partial charge is 0.337 e. The van der Waals surface area contributed by atoms with E-state index in [0.29, 0.717) is 0 Å². The summed E-state index contributed by atoms with van der Waals surface area (Å²) in [5.74, 6) is 0.133. The van der Waals surface area contributed by atoms with Crippen LogP contribution in [0, 0.1) is 6.92 Å². The van der Waals surface area contributed by atoms with Gasteiger partial charge in [-0.05, 0) is 37.6 Å². The van der Waals surface area contributed by atoms with Crippen LogP contribution in [0.2, 0.25) is 0 Å². The molecule has 0 radical (unpaired) electrons.